The average Bonchev–Trinajstić information content (AvgIpc) is 2.10. The van der Waals surface area contributed by atoms with Crippen LogP contribution >= 0.6 is 0 Å². The van der Waals surface area contributed by atoms with Gasteiger partial charge in [0.15, 0.2) is 9.52 Å². The molecule has 3 heteroatoms. The van der Waals surface area contributed by atoms with Gasteiger partial charge < -0.3 is 5.53 Å². The van der Waals surface area contributed by atoms with Gasteiger partial charge in [0.25, 0.3) is 0 Å². The fraction of sp³-hybridized carbons (Fsp3) is 0.889. The highest BCUT2D eigenvalue weighted by molar-refractivity contribution is 6.73. The normalized spacial score (nSPS) is 10.5. The Bertz CT molecular complexity index is 151. The molecule has 0 radical (unpaired) electrons. The van der Waals surface area contributed by atoms with Crippen molar-refractivity contribution >= 4 is 14.9 Å². The third-order valence-electron chi connectivity index (χ3n) is 2.00. The average molecular weight is 184 g/mol. The van der Waals surface area contributed by atoms with E-state index in [2.05, 4.69) is 18.6 Å². The Hall–Kier alpha value is -0.403. The first-order chi connectivity index (χ1) is 5.85. The summed E-state index contributed by atoms with van der Waals surface area (Å²) >= 11 is 0. The van der Waals surface area contributed by atoms with Crippen LogP contribution in [0.5, 0.6) is 0 Å². The molecule has 0 aromatic rings. The van der Waals surface area contributed by atoms with E-state index in [1.807, 2.05) is 0 Å². The molecule has 0 amide bonds. The molecular weight excluding hydrogens is 164 g/mol. The zero-order chi connectivity index (χ0) is 9.23. The molecule has 0 spiro atoms. The summed E-state index contributed by atoms with van der Waals surface area (Å²) in [6, 6.07) is 1.22. The van der Waals surface area contributed by atoms with Gasteiger partial charge in [0.1, 0.15) is 0 Å². The first-order valence-electron chi connectivity index (χ1n) is 5.04. The van der Waals surface area contributed by atoms with Crippen LogP contribution in [0.3, 0.4) is 0 Å². The van der Waals surface area contributed by atoms with E-state index in [1.54, 1.807) is 0 Å². The van der Waals surface area contributed by atoms with Gasteiger partial charge in [-0.3, -0.25) is 0 Å². The van der Waals surface area contributed by atoms with Crippen LogP contribution in [-0.4, -0.2) is 19.6 Å². The maximum atomic E-state index is 8.64. The van der Waals surface area contributed by atoms with Gasteiger partial charge in [0, 0.05) is 6.42 Å². The van der Waals surface area contributed by atoms with Gasteiger partial charge in [-0.05, 0) is 6.42 Å². The summed E-state index contributed by atoms with van der Waals surface area (Å²) in [5.74, 6) is 0. The van der Waals surface area contributed by atoms with Crippen molar-refractivity contribution in [3.8, 4) is 0 Å². The largest absolute Gasteiger partial charge is 0.362 e. The van der Waals surface area contributed by atoms with E-state index in [4.69, 9.17) is 5.53 Å². The van der Waals surface area contributed by atoms with E-state index >= 15 is 0 Å². The Kier molecular flexibility index (Phi) is 8.40. The summed E-state index contributed by atoms with van der Waals surface area (Å²) in [6.07, 6.45) is 6.12. The number of rotatable bonds is 7. The molecule has 0 rings (SSSR count). The van der Waals surface area contributed by atoms with Crippen molar-refractivity contribution in [3.63, 3.8) is 0 Å². The molecule has 0 atom stereocenters. The van der Waals surface area contributed by atoms with Crippen LogP contribution in [-0.2, 0) is 0 Å². The van der Waals surface area contributed by atoms with E-state index in [0.717, 1.165) is 11.8 Å². The molecule has 0 aromatic heterocycles. The van der Waals surface area contributed by atoms with E-state index in [1.165, 1.54) is 31.7 Å². The van der Waals surface area contributed by atoms with Crippen LogP contribution in [0.2, 0.25) is 6.04 Å². The molecule has 0 aromatic carbocycles. The fourth-order valence-corrected chi connectivity index (χ4v) is 2.45. The van der Waals surface area contributed by atoms with Crippen LogP contribution in [0.15, 0.2) is 0 Å². The monoisotopic (exact) mass is 184 g/mol. The molecule has 0 heterocycles. The molecule has 0 unspecified atom stereocenters. The predicted molar refractivity (Wildman–Crippen MR) is 56.4 cm³/mol. The first kappa shape index (κ1) is 11.6. The minimum Gasteiger partial charge on any atom is -0.362 e. The number of unbranched alkanes of at least 4 members (excludes halogenated alkanes) is 3. The van der Waals surface area contributed by atoms with Gasteiger partial charge >= 0.3 is 0 Å². The second kappa shape index (κ2) is 8.69. The zero-order valence-corrected chi connectivity index (χ0v) is 9.76. The molecule has 0 aliphatic heterocycles. The molecule has 70 valence electrons. The van der Waals surface area contributed by atoms with Crippen LogP contribution < -0.4 is 0 Å². The zero-order valence-electron chi connectivity index (χ0n) is 8.34. The quantitative estimate of drug-likeness (QED) is 0.191. The fourth-order valence-electron chi connectivity index (χ4n) is 1.27. The maximum Gasteiger partial charge on any atom is 0.230 e. The highest BCUT2D eigenvalue weighted by atomic mass is 28.2. The van der Waals surface area contributed by atoms with Crippen LogP contribution in [0.25, 0.3) is 5.53 Å². The number of hydrogen-bond donors (Lipinski definition) is 0. The van der Waals surface area contributed by atoms with Crippen molar-refractivity contribution in [1.82, 2.24) is 0 Å². The second-order valence-electron chi connectivity index (χ2n) is 3.23. The lowest BCUT2D eigenvalue weighted by molar-refractivity contribution is -0.00369. The second-order valence-corrected chi connectivity index (χ2v) is 5.54. The minimum absolute atomic E-state index is 0.199. The molecule has 0 fully saturated rings. The summed E-state index contributed by atoms with van der Waals surface area (Å²) in [5.41, 5.74) is 8.64. The molecule has 0 aliphatic carbocycles. The van der Waals surface area contributed by atoms with E-state index in [9.17, 15) is 0 Å². The van der Waals surface area contributed by atoms with Crippen molar-refractivity contribution in [3.05, 3.63) is 5.53 Å². The van der Waals surface area contributed by atoms with Crippen LogP contribution in [0.1, 0.15) is 46.0 Å². The summed E-state index contributed by atoms with van der Waals surface area (Å²) in [6.45, 7) is 4.38. The third kappa shape index (κ3) is 6.32. The molecule has 2 nitrogen and oxygen atoms in total. The first-order valence-corrected chi connectivity index (χ1v) is 6.75. The molecule has 0 saturated carbocycles. The summed E-state index contributed by atoms with van der Waals surface area (Å²) in [7, 11) is -0.199. The van der Waals surface area contributed by atoms with Gasteiger partial charge in [-0.25, -0.2) is 0 Å². The van der Waals surface area contributed by atoms with Crippen molar-refractivity contribution in [2.24, 2.45) is 0 Å². The standard InChI is InChI=1S/C9H20N2Si/c1-3-5-6-7-8-9(11-10)12-4-2/h3-8,12H2,1-2H3. The smallest absolute Gasteiger partial charge is 0.230 e. The predicted octanol–water partition coefficient (Wildman–Crippen LogP) is 2.19. The van der Waals surface area contributed by atoms with Crippen LogP contribution in [0, 0.1) is 0 Å². The molecule has 0 aliphatic rings. The van der Waals surface area contributed by atoms with E-state index in [-0.39, 0.29) is 9.52 Å². The topological polar surface area (TPSA) is 36.4 Å². The van der Waals surface area contributed by atoms with Gasteiger partial charge in [-0.15, -0.1) is 0 Å². The SMILES string of the molecule is CCCCCCC(=[N+]=[N-])[SiH2]CC. The van der Waals surface area contributed by atoms with Gasteiger partial charge in [0.2, 0.25) is 5.33 Å². The number of nitrogens with zero attached hydrogens (tertiary/aromatic N) is 2. The summed E-state index contributed by atoms with van der Waals surface area (Å²) < 4.78 is 0. The summed E-state index contributed by atoms with van der Waals surface area (Å²) in [4.78, 5) is 3.35. The maximum absolute atomic E-state index is 8.64. The molecule has 0 saturated heterocycles. The molecular formula is C9H20N2Si. The lowest BCUT2D eigenvalue weighted by Gasteiger charge is -1.95. The lowest BCUT2D eigenvalue weighted by atomic mass is 10.2. The highest BCUT2D eigenvalue weighted by Gasteiger charge is 2.05. The molecule has 0 N–H and O–H groups in total. The van der Waals surface area contributed by atoms with Gasteiger partial charge in [-0.1, -0.05) is 39.2 Å². The van der Waals surface area contributed by atoms with Crippen molar-refractivity contribution in [1.29, 1.82) is 0 Å². The van der Waals surface area contributed by atoms with Crippen molar-refractivity contribution < 1.29 is 4.79 Å². The Labute approximate surface area is 77.8 Å². The van der Waals surface area contributed by atoms with E-state index < -0.39 is 0 Å². The Morgan fingerprint density at radius 1 is 1.25 bits per heavy atom. The lowest BCUT2D eigenvalue weighted by Crippen LogP contribution is -2.08. The van der Waals surface area contributed by atoms with Crippen molar-refractivity contribution in [2.45, 2.75) is 52.0 Å². The minimum atomic E-state index is -0.199. The van der Waals surface area contributed by atoms with Crippen LogP contribution in [0.4, 0.5) is 0 Å². The van der Waals surface area contributed by atoms with Gasteiger partial charge in [-0.2, -0.15) is 4.79 Å². The van der Waals surface area contributed by atoms with E-state index in [0.29, 0.717) is 0 Å². The Balaban J connectivity index is 3.39. The summed E-state index contributed by atoms with van der Waals surface area (Å²) in [5, 5.41) is 1.11. The molecule has 12 heavy (non-hydrogen) atoms. The Morgan fingerprint density at radius 2 is 2.00 bits per heavy atom. The molecule has 0 bridgehead atoms. The Morgan fingerprint density at radius 3 is 2.50 bits per heavy atom. The van der Waals surface area contributed by atoms with Gasteiger partial charge in [0.05, 0.1) is 0 Å². The highest BCUT2D eigenvalue weighted by Crippen LogP contribution is 2.02. The third-order valence-corrected chi connectivity index (χ3v) is 3.57. The number of hydrogen-bond acceptors (Lipinski definition) is 0. The van der Waals surface area contributed by atoms with Crippen molar-refractivity contribution in [2.75, 3.05) is 0 Å².